The number of anilines is 3. The van der Waals surface area contributed by atoms with Gasteiger partial charge in [-0.1, -0.05) is 6.58 Å². The molecule has 5 aromatic rings. The predicted molar refractivity (Wildman–Crippen MR) is 162 cm³/mol. The average Bonchev–Trinajstić information content (AvgIpc) is 3.48. The largest absolute Gasteiger partial charge is 0.495 e. The summed E-state index contributed by atoms with van der Waals surface area (Å²) in [5.74, 6) is 1.84. The van der Waals surface area contributed by atoms with Crippen molar-refractivity contribution in [1.82, 2.24) is 30.0 Å². The lowest BCUT2D eigenvalue weighted by Gasteiger charge is -2.32. The molecule has 4 heterocycles. The van der Waals surface area contributed by atoms with E-state index in [0.717, 1.165) is 18.5 Å². The fraction of sp³-hybridized carbons (Fsp3) is 0.226. The molecule has 0 bridgehead atoms. The first kappa shape index (κ1) is 28.5. The summed E-state index contributed by atoms with van der Waals surface area (Å²) in [6, 6.07) is 11.6. The highest BCUT2D eigenvalue weighted by molar-refractivity contribution is 5.95. The SMILES string of the molecule is C=CC(=O)N1CCC(Nc2cc3c(Nc4ccc(Oc5ccnc(-c6nnc(C)o6)c5)cc4F)ncnc3cc2OC)CC1. The Kier molecular flexibility index (Phi) is 8.00. The maximum absolute atomic E-state index is 15.3. The molecule has 0 aliphatic carbocycles. The Bertz CT molecular complexity index is 1840. The van der Waals surface area contributed by atoms with Crippen LogP contribution in [-0.2, 0) is 4.79 Å². The molecule has 2 aromatic carbocycles. The van der Waals surface area contributed by atoms with Gasteiger partial charge in [0.05, 0.1) is 24.0 Å². The van der Waals surface area contributed by atoms with Crippen molar-refractivity contribution in [2.24, 2.45) is 0 Å². The van der Waals surface area contributed by atoms with Crippen LogP contribution < -0.4 is 20.1 Å². The van der Waals surface area contributed by atoms with Crippen LogP contribution in [0, 0.1) is 12.7 Å². The Morgan fingerprint density at radius 2 is 1.89 bits per heavy atom. The van der Waals surface area contributed by atoms with Crippen LogP contribution in [0.2, 0.25) is 0 Å². The highest BCUT2D eigenvalue weighted by atomic mass is 19.1. The first-order valence-electron chi connectivity index (χ1n) is 13.9. The average molecular weight is 597 g/mol. The number of halogens is 1. The number of aromatic nitrogens is 5. The number of amides is 1. The predicted octanol–water partition coefficient (Wildman–Crippen LogP) is 5.66. The molecule has 44 heavy (non-hydrogen) atoms. The van der Waals surface area contributed by atoms with Crippen molar-refractivity contribution in [2.45, 2.75) is 25.8 Å². The van der Waals surface area contributed by atoms with Gasteiger partial charge in [-0.3, -0.25) is 9.78 Å². The number of hydrogen-bond donors (Lipinski definition) is 2. The third kappa shape index (κ3) is 6.11. The fourth-order valence-electron chi connectivity index (χ4n) is 4.97. The summed E-state index contributed by atoms with van der Waals surface area (Å²) in [6.07, 6.45) is 5.84. The van der Waals surface area contributed by atoms with E-state index in [0.29, 0.717) is 52.9 Å². The molecule has 224 valence electrons. The number of methoxy groups -OCH3 is 1. The lowest BCUT2D eigenvalue weighted by Crippen LogP contribution is -2.41. The number of hydrogen-bond acceptors (Lipinski definition) is 11. The second-order valence-corrected chi connectivity index (χ2v) is 10.1. The number of fused-ring (bicyclic) bond motifs is 1. The molecule has 13 heteroatoms. The molecule has 1 amide bonds. The molecule has 0 saturated carbocycles. The van der Waals surface area contributed by atoms with Crippen LogP contribution in [0.25, 0.3) is 22.5 Å². The fourth-order valence-corrected chi connectivity index (χ4v) is 4.97. The third-order valence-corrected chi connectivity index (χ3v) is 7.20. The molecule has 12 nitrogen and oxygen atoms in total. The molecule has 1 fully saturated rings. The lowest BCUT2D eigenvalue weighted by atomic mass is 10.0. The molecule has 3 aromatic heterocycles. The van der Waals surface area contributed by atoms with E-state index in [1.807, 2.05) is 12.1 Å². The molecule has 0 atom stereocenters. The first-order chi connectivity index (χ1) is 21.4. The third-order valence-electron chi connectivity index (χ3n) is 7.20. The van der Waals surface area contributed by atoms with Gasteiger partial charge in [-0.05, 0) is 43.2 Å². The summed E-state index contributed by atoms with van der Waals surface area (Å²) in [7, 11) is 1.59. The van der Waals surface area contributed by atoms with Crippen LogP contribution in [0.4, 0.5) is 21.6 Å². The van der Waals surface area contributed by atoms with Gasteiger partial charge in [-0.2, -0.15) is 0 Å². The molecule has 6 rings (SSSR count). The Morgan fingerprint density at radius 1 is 1.07 bits per heavy atom. The maximum atomic E-state index is 15.3. The Labute approximate surface area is 252 Å². The van der Waals surface area contributed by atoms with Crippen LogP contribution in [0.3, 0.4) is 0 Å². The standard InChI is InChI=1S/C31H29FN8O4/c1-4-29(41)40-11-8-19(9-12-40)36-26-15-22-25(16-28(26)42-3)34-17-35-30(22)37-24-6-5-20(13-23(24)32)44-21-7-10-33-27(14-21)31-39-38-18(2)43-31/h4-7,10,13-17,19,36H,1,8-9,11-12H2,2-3H3,(H,34,35,37). The normalized spacial score (nSPS) is 13.5. The lowest BCUT2D eigenvalue weighted by molar-refractivity contribution is -0.126. The number of ether oxygens (including phenoxy) is 2. The summed E-state index contributed by atoms with van der Waals surface area (Å²) in [4.78, 5) is 26.7. The van der Waals surface area contributed by atoms with Crippen molar-refractivity contribution in [2.75, 3.05) is 30.8 Å². The molecule has 0 unspecified atom stereocenters. The number of aryl methyl sites for hydroxylation is 1. The maximum Gasteiger partial charge on any atom is 0.266 e. The molecular weight excluding hydrogens is 567 g/mol. The van der Waals surface area contributed by atoms with Crippen molar-refractivity contribution >= 4 is 34.0 Å². The highest BCUT2D eigenvalue weighted by Gasteiger charge is 2.23. The van der Waals surface area contributed by atoms with Crippen molar-refractivity contribution in [3.8, 4) is 28.8 Å². The molecule has 1 saturated heterocycles. The zero-order valence-electron chi connectivity index (χ0n) is 24.1. The van der Waals surface area contributed by atoms with Gasteiger partial charge >= 0.3 is 0 Å². The summed E-state index contributed by atoms with van der Waals surface area (Å²) in [5, 5.41) is 15.1. The van der Waals surface area contributed by atoms with E-state index in [1.165, 1.54) is 18.5 Å². The van der Waals surface area contributed by atoms with Crippen LogP contribution in [0.5, 0.6) is 17.2 Å². The van der Waals surface area contributed by atoms with E-state index in [2.05, 4.69) is 42.4 Å². The van der Waals surface area contributed by atoms with E-state index in [9.17, 15) is 4.79 Å². The van der Waals surface area contributed by atoms with Crippen LogP contribution in [0.1, 0.15) is 18.7 Å². The Balaban J connectivity index is 1.20. The molecule has 1 aliphatic rings. The minimum absolute atomic E-state index is 0.0617. The second-order valence-electron chi connectivity index (χ2n) is 10.1. The summed E-state index contributed by atoms with van der Waals surface area (Å²) in [5.41, 5.74) is 2.03. The van der Waals surface area contributed by atoms with Gasteiger partial charge in [0.2, 0.25) is 11.8 Å². The summed E-state index contributed by atoms with van der Waals surface area (Å²) in [6.45, 7) is 6.53. The highest BCUT2D eigenvalue weighted by Crippen LogP contribution is 2.35. The van der Waals surface area contributed by atoms with E-state index in [1.54, 1.807) is 49.4 Å². The second kappa shape index (κ2) is 12.3. The molecule has 0 spiro atoms. The quantitative estimate of drug-likeness (QED) is 0.204. The minimum Gasteiger partial charge on any atom is -0.495 e. The zero-order valence-corrected chi connectivity index (χ0v) is 24.1. The number of likely N-dealkylation sites (tertiary alicyclic amines) is 1. The van der Waals surface area contributed by atoms with Gasteiger partial charge < -0.3 is 29.4 Å². The smallest absolute Gasteiger partial charge is 0.266 e. The number of pyridine rings is 1. The number of piperidine rings is 1. The Morgan fingerprint density at radius 3 is 2.61 bits per heavy atom. The molecule has 2 N–H and O–H groups in total. The molecular formula is C31H29FN8O4. The van der Waals surface area contributed by atoms with Gasteiger partial charge in [0.15, 0.2) is 0 Å². The topological polar surface area (TPSA) is 140 Å². The molecule has 1 aliphatic heterocycles. The van der Waals surface area contributed by atoms with Crippen LogP contribution >= 0.6 is 0 Å². The van der Waals surface area contributed by atoms with Gasteiger partial charge in [-0.15, -0.1) is 10.2 Å². The van der Waals surface area contributed by atoms with Gasteiger partial charge in [0, 0.05) is 55.8 Å². The van der Waals surface area contributed by atoms with Crippen molar-refractivity contribution in [3.63, 3.8) is 0 Å². The van der Waals surface area contributed by atoms with Crippen molar-refractivity contribution < 1.29 is 23.1 Å². The monoisotopic (exact) mass is 596 g/mol. The number of nitrogens with zero attached hydrogens (tertiary/aromatic N) is 6. The number of carbonyl (C=O) groups is 1. The minimum atomic E-state index is -0.538. The van der Waals surface area contributed by atoms with E-state index in [-0.39, 0.29) is 29.3 Å². The van der Waals surface area contributed by atoms with Crippen molar-refractivity contribution in [3.05, 3.63) is 79.4 Å². The first-order valence-corrected chi connectivity index (χ1v) is 13.9. The van der Waals surface area contributed by atoms with Crippen molar-refractivity contribution in [1.29, 1.82) is 0 Å². The number of rotatable bonds is 9. The number of carbonyl (C=O) groups excluding carboxylic acids is 1. The van der Waals surface area contributed by atoms with Crippen LogP contribution in [0.15, 0.2) is 72.1 Å². The van der Waals surface area contributed by atoms with Gasteiger partial charge in [-0.25, -0.2) is 14.4 Å². The Hall–Kier alpha value is -5.59. The van der Waals surface area contributed by atoms with E-state index >= 15 is 4.39 Å². The summed E-state index contributed by atoms with van der Waals surface area (Å²) < 4.78 is 32.2. The van der Waals surface area contributed by atoms with Crippen LogP contribution in [-0.4, -0.2) is 62.2 Å². The molecule has 0 radical (unpaired) electrons. The zero-order chi connectivity index (χ0) is 30.6. The van der Waals surface area contributed by atoms with E-state index in [4.69, 9.17) is 13.9 Å². The number of nitrogens with one attached hydrogen (secondary N) is 2. The number of benzene rings is 2. The van der Waals surface area contributed by atoms with Gasteiger partial charge in [0.25, 0.3) is 5.89 Å². The van der Waals surface area contributed by atoms with Gasteiger partial charge in [0.1, 0.15) is 40.9 Å². The summed E-state index contributed by atoms with van der Waals surface area (Å²) >= 11 is 0. The van der Waals surface area contributed by atoms with E-state index < -0.39 is 5.82 Å².